The zero-order valence-corrected chi connectivity index (χ0v) is 11.5. The number of hydrogen-bond acceptors (Lipinski definition) is 9. The number of anilines is 2. The van der Waals surface area contributed by atoms with Gasteiger partial charge in [-0.2, -0.15) is 4.98 Å². The van der Waals surface area contributed by atoms with Crippen LogP contribution in [0.25, 0.3) is 0 Å². The summed E-state index contributed by atoms with van der Waals surface area (Å²) in [5, 5.41) is 13.7. The molecule has 1 aromatic rings. The molecule has 10 heteroatoms. The largest absolute Gasteiger partial charge is 0.378 e. The molecule has 0 spiro atoms. The third kappa shape index (κ3) is 5.30. The Bertz CT molecular complexity index is 441. The molecule has 4 N–H and O–H groups in total. The second-order valence-corrected chi connectivity index (χ2v) is 4.17. The summed E-state index contributed by atoms with van der Waals surface area (Å²) < 4.78 is 5.37. The fourth-order valence-corrected chi connectivity index (χ4v) is 1.30. The lowest BCUT2D eigenvalue weighted by atomic mass is 10.4. The third-order valence-corrected chi connectivity index (χ3v) is 2.32. The van der Waals surface area contributed by atoms with E-state index in [1.807, 2.05) is 19.0 Å². The van der Waals surface area contributed by atoms with Crippen molar-refractivity contribution in [3.63, 3.8) is 0 Å². The van der Waals surface area contributed by atoms with E-state index in [1.54, 1.807) is 0 Å². The topological polar surface area (TPSA) is 131 Å². The molecular weight excluding hydrogens is 266 g/mol. The van der Waals surface area contributed by atoms with E-state index in [0.717, 1.165) is 12.7 Å². The lowest BCUT2D eigenvalue weighted by molar-refractivity contribution is -0.384. The van der Waals surface area contributed by atoms with Crippen molar-refractivity contribution in [2.45, 2.75) is 0 Å². The molecule has 0 saturated carbocycles. The molecule has 0 bridgehead atoms. The van der Waals surface area contributed by atoms with Crippen LogP contribution in [0.2, 0.25) is 0 Å². The van der Waals surface area contributed by atoms with Crippen molar-refractivity contribution in [1.29, 1.82) is 0 Å². The molecule has 1 heterocycles. The number of nitrogens with two attached hydrogens (primary N) is 1. The fourth-order valence-electron chi connectivity index (χ4n) is 1.30. The van der Waals surface area contributed by atoms with Crippen LogP contribution in [0.5, 0.6) is 0 Å². The minimum absolute atomic E-state index is 0.103. The van der Waals surface area contributed by atoms with Gasteiger partial charge in [-0.05, 0) is 14.1 Å². The molecule has 0 unspecified atom stereocenters. The number of nitrogens with zero attached hydrogens (tertiary/aromatic N) is 4. The molecule has 1 rings (SSSR count). The van der Waals surface area contributed by atoms with E-state index in [2.05, 4.69) is 20.7 Å². The molecular formula is C10H19N7O3. The maximum Gasteiger partial charge on any atom is 0.329 e. The Labute approximate surface area is 116 Å². The van der Waals surface area contributed by atoms with Gasteiger partial charge in [0.25, 0.3) is 0 Å². The summed E-state index contributed by atoms with van der Waals surface area (Å²) in [4.78, 5) is 19.9. The lowest BCUT2D eigenvalue weighted by Gasteiger charge is -2.10. The molecule has 0 atom stereocenters. The van der Waals surface area contributed by atoms with E-state index in [9.17, 15) is 10.1 Å². The second-order valence-electron chi connectivity index (χ2n) is 4.17. The Morgan fingerprint density at radius 3 is 2.85 bits per heavy atom. The SMILES string of the molecule is CN(C)CCOCCNc1nc(NN)ncc1[N+](=O)[O-]. The number of rotatable bonds is 9. The van der Waals surface area contributed by atoms with Gasteiger partial charge in [0.15, 0.2) is 0 Å². The summed E-state index contributed by atoms with van der Waals surface area (Å²) in [6.07, 6.45) is 1.09. The van der Waals surface area contributed by atoms with Gasteiger partial charge in [-0.15, -0.1) is 0 Å². The van der Waals surface area contributed by atoms with Gasteiger partial charge in [-0.25, -0.2) is 10.8 Å². The van der Waals surface area contributed by atoms with E-state index >= 15 is 0 Å². The number of nitro groups is 1. The first-order valence-electron chi connectivity index (χ1n) is 5.99. The van der Waals surface area contributed by atoms with Crippen molar-refractivity contribution in [2.24, 2.45) is 5.84 Å². The minimum Gasteiger partial charge on any atom is -0.378 e. The first kappa shape index (κ1) is 16.0. The van der Waals surface area contributed by atoms with Crippen LogP contribution >= 0.6 is 0 Å². The van der Waals surface area contributed by atoms with Gasteiger partial charge in [-0.3, -0.25) is 15.5 Å². The molecule has 0 saturated heterocycles. The highest BCUT2D eigenvalue weighted by atomic mass is 16.6. The average Bonchev–Trinajstić information content (AvgIpc) is 2.41. The molecule has 0 aliphatic carbocycles. The highest BCUT2D eigenvalue weighted by molar-refractivity contribution is 5.56. The smallest absolute Gasteiger partial charge is 0.329 e. The van der Waals surface area contributed by atoms with Crippen LogP contribution in [0.3, 0.4) is 0 Å². The van der Waals surface area contributed by atoms with Crippen LogP contribution in [0.4, 0.5) is 17.5 Å². The molecule has 0 aromatic carbocycles. The summed E-state index contributed by atoms with van der Waals surface area (Å²) in [5.41, 5.74) is 2.02. The summed E-state index contributed by atoms with van der Waals surface area (Å²) in [7, 11) is 3.90. The van der Waals surface area contributed by atoms with Crippen molar-refractivity contribution < 1.29 is 9.66 Å². The standard InChI is InChI=1S/C10H19N7O3/c1-16(2)4-6-20-5-3-12-9-8(17(18)19)7-13-10(14-9)15-11/h7H,3-6,11H2,1-2H3,(H2,12,13,14,15). The molecule has 112 valence electrons. The highest BCUT2D eigenvalue weighted by Gasteiger charge is 2.16. The summed E-state index contributed by atoms with van der Waals surface area (Å²) >= 11 is 0. The van der Waals surface area contributed by atoms with Crippen LogP contribution in [0.15, 0.2) is 6.20 Å². The molecule has 1 aromatic heterocycles. The summed E-state index contributed by atoms with van der Waals surface area (Å²) in [6, 6.07) is 0. The van der Waals surface area contributed by atoms with E-state index in [-0.39, 0.29) is 17.5 Å². The summed E-state index contributed by atoms with van der Waals surface area (Å²) in [5.74, 6) is 5.37. The van der Waals surface area contributed by atoms with E-state index in [4.69, 9.17) is 10.6 Å². The molecule has 0 aliphatic heterocycles. The van der Waals surface area contributed by atoms with Crippen LogP contribution in [0, 0.1) is 10.1 Å². The Kier molecular flexibility index (Phi) is 6.56. The van der Waals surface area contributed by atoms with Crippen LogP contribution in [-0.4, -0.2) is 60.2 Å². The second kappa shape index (κ2) is 8.19. The van der Waals surface area contributed by atoms with Gasteiger partial charge in [-0.1, -0.05) is 0 Å². The molecule has 10 nitrogen and oxygen atoms in total. The number of likely N-dealkylation sites (N-methyl/N-ethyl adjacent to an activating group) is 1. The number of nitrogen functional groups attached to an aromatic ring is 1. The Morgan fingerprint density at radius 1 is 1.50 bits per heavy atom. The van der Waals surface area contributed by atoms with Crippen LogP contribution in [-0.2, 0) is 4.74 Å². The number of hydrogen-bond donors (Lipinski definition) is 3. The lowest BCUT2D eigenvalue weighted by Crippen LogP contribution is -2.20. The Morgan fingerprint density at radius 2 is 2.25 bits per heavy atom. The van der Waals surface area contributed by atoms with Gasteiger partial charge in [0, 0.05) is 13.1 Å². The number of nitrogens with one attached hydrogen (secondary N) is 2. The molecule has 20 heavy (non-hydrogen) atoms. The van der Waals surface area contributed by atoms with Crippen molar-refractivity contribution >= 4 is 17.5 Å². The zero-order chi connectivity index (χ0) is 15.0. The van der Waals surface area contributed by atoms with Crippen LogP contribution in [0.1, 0.15) is 0 Å². The summed E-state index contributed by atoms with van der Waals surface area (Å²) in [6.45, 7) is 2.22. The minimum atomic E-state index is -0.560. The zero-order valence-electron chi connectivity index (χ0n) is 11.5. The first-order valence-corrected chi connectivity index (χ1v) is 5.99. The Balaban J connectivity index is 2.47. The molecule has 0 radical (unpaired) electrons. The third-order valence-electron chi connectivity index (χ3n) is 2.32. The van der Waals surface area contributed by atoms with Crippen molar-refractivity contribution in [1.82, 2.24) is 14.9 Å². The monoisotopic (exact) mass is 285 g/mol. The first-order chi connectivity index (χ1) is 9.54. The predicted octanol–water partition coefficient (Wildman–Crippen LogP) is -0.339. The Hall–Kier alpha value is -2.04. The van der Waals surface area contributed by atoms with E-state index < -0.39 is 4.92 Å². The maximum absolute atomic E-state index is 10.8. The highest BCUT2D eigenvalue weighted by Crippen LogP contribution is 2.21. The number of ether oxygens (including phenoxy) is 1. The van der Waals surface area contributed by atoms with Crippen molar-refractivity contribution in [3.8, 4) is 0 Å². The average molecular weight is 285 g/mol. The molecule has 0 fully saturated rings. The molecule has 0 aliphatic rings. The van der Waals surface area contributed by atoms with Crippen molar-refractivity contribution in [2.75, 3.05) is 51.1 Å². The number of hydrazine groups is 1. The maximum atomic E-state index is 10.8. The van der Waals surface area contributed by atoms with Gasteiger partial charge < -0.3 is 15.0 Å². The predicted molar refractivity (Wildman–Crippen MR) is 74.4 cm³/mol. The van der Waals surface area contributed by atoms with Gasteiger partial charge >= 0.3 is 5.69 Å². The quantitative estimate of drug-likeness (QED) is 0.241. The van der Waals surface area contributed by atoms with E-state index in [0.29, 0.717) is 19.8 Å². The molecule has 0 amide bonds. The van der Waals surface area contributed by atoms with Gasteiger partial charge in [0.1, 0.15) is 6.20 Å². The normalized spacial score (nSPS) is 10.6. The van der Waals surface area contributed by atoms with Gasteiger partial charge in [0.2, 0.25) is 11.8 Å². The number of aromatic nitrogens is 2. The fraction of sp³-hybridized carbons (Fsp3) is 0.600. The van der Waals surface area contributed by atoms with Crippen molar-refractivity contribution in [3.05, 3.63) is 16.3 Å². The van der Waals surface area contributed by atoms with E-state index in [1.165, 1.54) is 0 Å². The van der Waals surface area contributed by atoms with Crippen LogP contribution < -0.4 is 16.6 Å². The van der Waals surface area contributed by atoms with Gasteiger partial charge in [0.05, 0.1) is 18.1 Å².